The molecular weight excluding hydrogens is 256 g/mol. The number of hydrogen-bond acceptors (Lipinski definition) is 4. The van der Waals surface area contributed by atoms with Crippen LogP contribution in [0.3, 0.4) is 0 Å². The van der Waals surface area contributed by atoms with Crippen LogP contribution in [-0.2, 0) is 9.53 Å². The lowest BCUT2D eigenvalue weighted by atomic mass is 9.78. The van der Waals surface area contributed by atoms with Crippen LogP contribution < -0.4 is 10.6 Å². The summed E-state index contributed by atoms with van der Waals surface area (Å²) in [5, 5.41) is 13.3. The lowest BCUT2D eigenvalue weighted by Crippen LogP contribution is -2.47. The molecule has 2 heterocycles. The number of anilines is 1. The van der Waals surface area contributed by atoms with E-state index in [9.17, 15) is 4.79 Å². The summed E-state index contributed by atoms with van der Waals surface area (Å²) in [6.07, 6.45) is 1.57. The zero-order valence-electron chi connectivity index (χ0n) is 12.5. The van der Waals surface area contributed by atoms with Crippen LogP contribution in [0, 0.1) is 5.41 Å². The molecule has 6 heteroatoms. The summed E-state index contributed by atoms with van der Waals surface area (Å²) in [6.45, 7) is 6.29. The molecule has 112 valence electrons. The molecule has 0 aliphatic carbocycles. The summed E-state index contributed by atoms with van der Waals surface area (Å²) < 4.78 is 5.27. The Morgan fingerprint density at radius 3 is 2.75 bits per heavy atom. The zero-order valence-corrected chi connectivity index (χ0v) is 12.5. The summed E-state index contributed by atoms with van der Waals surface area (Å²) in [7, 11) is 1.64. The van der Waals surface area contributed by atoms with Crippen LogP contribution in [0.15, 0.2) is 6.07 Å². The molecule has 2 rings (SSSR count). The fraction of sp³-hybridized carbons (Fsp3) is 0.714. The van der Waals surface area contributed by atoms with Crippen LogP contribution in [-0.4, -0.2) is 42.9 Å². The highest BCUT2D eigenvalue weighted by Crippen LogP contribution is 2.30. The highest BCUT2D eigenvalue weighted by Gasteiger charge is 2.39. The molecule has 0 bridgehead atoms. The van der Waals surface area contributed by atoms with E-state index in [-0.39, 0.29) is 5.91 Å². The van der Waals surface area contributed by atoms with Crippen LogP contribution in [0.5, 0.6) is 0 Å². The Bertz CT molecular complexity index is 444. The first-order valence-electron chi connectivity index (χ1n) is 7.14. The summed E-state index contributed by atoms with van der Waals surface area (Å²) in [5.74, 6) is 0.954. The standard InChI is InChI=1S/C14H24N4O2/c1-10(2)11-8-12(18-17-11)16-13(19)14(9-20-3)4-6-15-7-5-14/h8,10,15H,4-7,9H2,1-3H3,(H2,16,17,18,19). The number of H-pyrrole nitrogens is 1. The van der Waals surface area contributed by atoms with Gasteiger partial charge in [-0.25, -0.2) is 0 Å². The van der Waals surface area contributed by atoms with E-state index in [4.69, 9.17) is 4.74 Å². The number of methoxy groups -OCH3 is 1. The van der Waals surface area contributed by atoms with Crippen LogP contribution in [0.1, 0.15) is 38.3 Å². The van der Waals surface area contributed by atoms with Crippen molar-refractivity contribution in [3.05, 3.63) is 11.8 Å². The molecule has 1 aliphatic heterocycles. The van der Waals surface area contributed by atoms with Crippen molar-refractivity contribution in [1.29, 1.82) is 0 Å². The number of carbonyl (C=O) groups is 1. The molecule has 1 amide bonds. The van der Waals surface area contributed by atoms with Gasteiger partial charge in [0.2, 0.25) is 5.91 Å². The Labute approximate surface area is 119 Å². The molecule has 0 saturated carbocycles. The van der Waals surface area contributed by atoms with Gasteiger partial charge in [-0.15, -0.1) is 0 Å². The molecule has 6 nitrogen and oxygen atoms in total. The minimum Gasteiger partial charge on any atom is -0.384 e. The van der Waals surface area contributed by atoms with Gasteiger partial charge in [-0.05, 0) is 31.8 Å². The highest BCUT2D eigenvalue weighted by atomic mass is 16.5. The number of ether oxygens (including phenoxy) is 1. The predicted molar refractivity (Wildman–Crippen MR) is 77.7 cm³/mol. The van der Waals surface area contributed by atoms with Crippen molar-refractivity contribution in [3.63, 3.8) is 0 Å². The SMILES string of the molecule is COCC1(C(=O)Nc2cc(C(C)C)[nH]n2)CCNCC1. The van der Waals surface area contributed by atoms with Gasteiger partial charge in [0.15, 0.2) is 5.82 Å². The lowest BCUT2D eigenvalue weighted by Gasteiger charge is -2.35. The number of piperidine rings is 1. The quantitative estimate of drug-likeness (QED) is 0.763. The van der Waals surface area contributed by atoms with Crippen molar-refractivity contribution in [2.75, 3.05) is 32.1 Å². The summed E-state index contributed by atoms with van der Waals surface area (Å²) in [6, 6.07) is 1.89. The number of aromatic nitrogens is 2. The third-order valence-electron chi connectivity index (χ3n) is 3.92. The summed E-state index contributed by atoms with van der Waals surface area (Å²) in [4.78, 5) is 12.6. The fourth-order valence-corrected chi connectivity index (χ4v) is 2.56. The van der Waals surface area contributed by atoms with Gasteiger partial charge < -0.3 is 15.4 Å². The number of amides is 1. The van der Waals surface area contributed by atoms with Crippen LogP contribution in [0.4, 0.5) is 5.82 Å². The maximum atomic E-state index is 12.6. The van der Waals surface area contributed by atoms with Crippen LogP contribution >= 0.6 is 0 Å². The minimum absolute atomic E-state index is 0.00246. The third kappa shape index (κ3) is 3.19. The molecule has 0 aromatic carbocycles. The van der Waals surface area contributed by atoms with E-state index in [1.54, 1.807) is 7.11 Å². The van der Waals surface area contributed by atoms with E-state index in [2.05, 4.69) is 34.7 Å². The Morgan fingerprint density at radius 2 is 2.20 bits per heavy atom. The fourth-order valence-electron chi connectivity index (χ4n) is 2.56. The van der Waals surface area contributed by atoms with Gasteiger partial charge in [0.25, 0.3) is 0 Å². The second-order valence-electron chi connectivity index (χ2n) is 5.78. The third-order valence-corrected chi connectivity index (χ3v) is 3.92. The normalized spacial score (nSPS) is 18.2. The molecule has 1 aliphatic rings. The Kier molecular flexibility index (Phi) is 4.77. The van der Waals surface area contributed by atoms with Gasteiger partial charge in [-0.2, -0.15) is 5.10 Å². The Hall–Kier alpha value is -1.40. The van der Waals surface area contributed by atoms with Gasteiger partial charge in [-0.3, -0.25) is 9.89 Å². The number of hydrogen-bond donors (Lipinski definition) is 3. The molecular formula is C14H24N4O2. The first-order chi connectivity index (χ1) is 9.57. The molecule has 1 aromatic heterocycles. The lowest BCUT2D eigenvalue weighted by molar-refractivity contribution is -0.130. The maximum Gasteiger partial charge on any atom is 0.234 e. The van der Waals surface area contributed by atoms with Gasteiger partial charge in [0.1, 0.15) is 0 Å². The van der Waals surface area contributed by atoms with E-state index in [1.165, 1.54) is 0 Å². The molecule has 1 fully saturated rings. The monoisotopic (exact) mass is 280 g/mol. The van der Waals surface area contributed by atoms with Crippen molar-refractivity contribution in [3.8, 4) is 0 Å². The number of nitrogens with one attached hydrogen (secondary N) is 3. The number of nitrogens with zero attached hydrogens (tertiary/aromatic N) is 1. The van der Waals surface area contributed by atoms with Crippen molar-refractivity contribution >= 4 is 11.7 Å². The molecule has 0 unspecified atom stereocenters. The Morgan fingerprint density at radius 1 is 1.50 bits per heavy atom. The predicted octanol–water partition coefficient (Wildman–Crippen LogP) is 1.49. The molecule has 20 heavy (non-hydrogen) atoms. The van der Waals surface area contributed by atoms with Crippen molar-refractivity contribution in [2.24, 2.45) is 5.41 Å². The molecule has 1 aromatic rings. The summed E-state index contributed by atoms with van der Waals surface area (Å²) >= 11 is 0. The van der Waals surface area contributed by atoms with Gasteiger partial charge >= 0.3 is 0 Å². The minimum atomic E-state index is -0.447. The molecule has 1 saturated heterocycles. The highest BCUT2D eigenvalue weighted by molar-refractivity contribution is 5.94. The topological polar surface area (TPSA) is 79.0 Å². The second-order valence-corrected chi connectivity index (χ2v) is 5.78. The average Bonchev–Trinajstić information content (AvgIpc) is 2.89. The van der Waals surface area contributed by atoms with E-state index in [0.29, 0.717) is 18.3 Å². The van der Waals surface area contributed by atoms with Crippen molar-refractivity contribution < 1.29 is 9.53 Å². The van der Waals surface area contributed by atoms with E-state index >= 15 is 0 Å². The summed E-state index contributed by atoms with van der Waals surface area (Å²) in [5.41, 5.74) is 0.572. The van der Waals surface area contributed by atoms with E-state index < -0.39 is 5.41 Å². The van der Waals surface area contributed by atoms with Gasteiger partial charge in [0.05, 0.1) is 12.0 Å². The molecule has 0 atom stereocenters. The van der Waals surface area contributed by atoms with Crippen LogP contribution in [0.2, 0.25) is 0 Å². The smallest absolute Gasteiger partial charge is 0.234 e. The molecule has 0 radical (unpaired) electrons. The first kappa shape index (κ1) is 15.0. The largest absolute Gasteiger partial charge is 0.384 e. The Balaban J connectivity index is 2.07. The van der Waals surface area contributed by atoms with Crippen molar-refractivity contribution in [2.45, 2.75) is 32.6 Å². The maximum absolute atomic E-state index is 12.6. The van der Waals surface area contributed by atoms with Gasteiger partial charge in [-0.1, -0.05) is 13.8 Å². The molecule has 0 spiro atoms. The van der Waals surface area contributed by atoms with E-state index in [1.807, 2.05) is 6.07 Å². The number of carbonyl (C=O) groups excluding carboxylic acids is 1. The zero-order chi connectivity index (χ0) is 14.6. The number of aromatic amines is 1. The average molecular weight is 280 g/mol. The van der Waals surface area contributed by atoms with Crippen molar-refractivity contribution in [1.82, 2.24) is 15.5 Å². The first-order valence-corrected chi connectivity index (χ1v) is 7.14. The van der Waals surface area contributed by atoms with Gasteiger partial charge in [0, 0.05) is 18.9 Å². The van der Waals surface area contributed by atoms with Crippen LogP contribution in [0.25, 0.3) is 0 Å². The second kappa shape index (κ2) is 6.37. The number of rotatable bonds is 5. The molecule has 3 N–H and O–H groups in total. The van der Waals surface area contributed by atoms with E-state index in [0.717, 1.165) is 31.6 Å².